The molecule has 0 amide bonds. The van der Waals surface area contributed by atoms with Crippen molar-refractivity contribution in [1.82, 2.24) is 4.98 Å². The minimum atomic E-state index is -1.60. The molecule has 1 aliphatic heterocycles. The summed E-state index contributed by atoms with van der Waals surface area (Å²) in [5, 5.41) is 11.0. The number of nitrogens with zero attached hydrogens (tertiary/aromatic N) is 1. The van der Waals surface area contributed by atoms with E-state index in [-0.39, 0.29) is 0 Å². The van der Waals surface area contributed by atoms with Gasteiger partial charge in [0.1, 0.15) is 6.26 Å². The standard InChI is InChI=1S/C9H9NO3/c1-9(11)12-5-7-2-3-10-4-8(7)6-13-9/h2-6,11H,1H3. The lowest BCUT2D eigenvalue weighted by Gasteiger charge is -2.19. The monoisotopic (exact) mass is 179 g/mol. The number of pyridine rings is 1. The van der Waals surface area contributed by atoms with Gasteiger partial charge in [-0.3, -0.25) is 4.98 Å². The van der Waals surface area contributed by atoms with Gasteiger partial charge in [0.2, 0.25) is 0 Å². The Morgan fingerprint density at radius 1 is 1.31 bits per heavy atom. The molecule has 0 saturated heterocycles. The van der Waals surface area contributed by atoms with E-state index in [1.54, 1.807) is 18.5 Å². The SMILES string of the molecule is CC1(O)OC=c2ccncc2=CO1. The third kappa shape index (κ3) is 1.62. The van der Waals surface area contributed by atoms with E-state index < -0.39 is 5.97 Å². The zero-order valence-electron chi connectivity index (χ0n) is 7.10. The maximum atomic E-state index is 9.40. The van der Waals surface area contributed by atoms with Crippen LogP contribution in [-0.4, -0.2) is 16.1 Å². The predicted molar refractivity (Wildman–Crippen MR) is 45.2 cm³/mol. The minimum absolute atomic E-state index is 0.778. The molecule has 0 aromatic carbocycles. The van der Waals surface area contributed by atoms with Crippen molar-refractivity contribution >= 4 is 12.5 Å². The van der Waals surface area contributed by atoms with E-state index in [2.05, 4.69) is 4.98 Å². The summed E-state index contributed by atoms with van der Waals surface area (Å²) in [5.41, 5.74) is 0. The summed E-state index contributed by atoms with van der Waals surface area (Å²) < 4.78 is 9.92. The summed E-state index contributed by atoms with van der Waals surface area (Å²) >= 11 is 0. The first-order valence-corrected chi connectivity index (χ1v) is 3.86. The van der Waals surface area contributed by atoms with Gasteiger partial charge in [0.15, 0.2) is 0 Å². The number of fused-ring (bicyclic) bond motifs is 1. The average Bonchev–Trinajstić information content (AvgIpc) is 2.27. The van der Waals surface area contributed by atoms with Crippen LogP contribution >= 0.6 is 0 Å². The van der Waals surface area contributed by atoms with E-state index in [0.29, 0.717) is 0 Å². The van der Waals surface area contributed by atoms with Crippen LogP contribution < -0.4 is 10.4 Å². The Hall–Kier alpha value is -1.55. The van der Waals surface area contributed by atoms with Crippen LogP contribution in [0.1, 0.15) is 6.92 Å². The minimum Gasteiger partial charge on any atom is -0.438 e. The van der Waals surface area contributed by atoms with E-state index in [0.717, 1.165) is 10.4 Å². The number of hydrogen-bond acceptors (Lipinski definition) is 4. The van der Waals surface area contributed by atoms with Crippen molar-refractivity contribution in [2.24, 2.45) is 0 Å². The quantitative estimate of drug-likeness (QED) is 0.570. The molecule has 0 fully saturated rings. The Labute approximate surface area is 74.7 Å². The van der Waals surface area contributed by atoms with Gasteiger partial charge in [-0.25, -0.2) is 0 Å². The van der Waals surface area contributed by atoms with Gasteiger partial charge in [-0.15, -0.1) is 0 Å². The average molecular weight is 179 g/mol. The first-order valence-electron chi connectivity index (χ1n) is 3.86. The van der Waals surface area contributed by atoms with Crippen molar-refractivity contribution in [3.63, 3.8) is 0 Å². The van der Waals surface area contributed by atoms with Gasteiger partial charge in [0.05, 0.1) is 6.26 Å². The van der Waals surface area contributed by atoms with E-state index in [4.69, 9.17) is 9.47 Å². The number of aromatic nitrogens is 1. The zero-order chi connectivity index (χ0) is 9.31. The molecule has 1 aromatic heterocycles. The molecule has 1 unspecified atom stereocenters. The molecule has 0 spiro atoms. The van der Waals surface area contributed by atoms with Crippen molar-refractivity contribution in [1.29, 1.82) is 0 Å². The van der Waals surface area contributed by atoms with Crippen LogP contribution in [-0.2, 0) is 9.47 Å². The van der Waals surface area contributed by atoms with Crippen molar-refractivity contribution in [3.05, 3.63) is 28.9 Å². The van der Waals surface area contributed by atoms with E-state index in [9.17, 15) is 5.11 Å². The largest absolute Gasteiger partial charge is 0.438 e. The maximum absolute atomic E-state index is 9.40. The van der Waals surface area contributed by atoms with Crippen molar-refractivity contribution in [2.75, 3.05) is 0 Å². The van der Waals surface area contributed by atoms with Gasteiger partial charge < -0.3 is 14.6 Å². The van der Waals surface area contributed by atoms with Crippen LogP contribution in [0.25, 0.3) is 12.5 Å². The maximum Gasteiger partial charge on any atom is 0.364 e. The van der Waals surface area contributed by atoms with E-state index in [1.165, 1.54) is 19.4 Å². The molecule has 1 N–H and O–H groups in total. The summed E-state index contributed by atoms with van der Waals surface area (Å²) in [7, 11) is 0. The Kier molecular flexibility index (Phi) is 1.70. The molecule has 2 heterocycles. The van der Waals surface area contributed by atoms with Crippen LogP contribution in [0, 0.1) is 0 Å². The molecule has 0 radical (unpaired) electrons. The molecular weight excluding hydrogens is 170 g/mol. The fourth-order valence-corrected chi connectivity index (χ4v) is 0.997. The van der Waals surface area contributed by atoms with E-state index in [1.807, 2.05) is 0 Å². The summed E-state index contributed by atoms with van der Waals surface area (Å²) in [5.74, 6) is -1.60. The van der Waals surface area contributed by atoms with Crippen LogP contribution in [0.5, 0.6) is 0 Å². The number of hydrogen-bond donors (Lipinski definition) is 1. The Bertz CT molecular complexity index is 386. The highest BCUT2D eigenvalue weighted by molar-refractivity contribution is 5.24. The van der Waals surface area contributed by atoms with Crippen molar-refractivity contribution < 1.29 is 14.6 Å². The molecule has 4 nitrogen and oxygen atoms in total. The molecule has 1 aromatic rings. The molecule has 13 heavy (non-hydrogen) atoms. The molecule has 68 valence electrons. The van der Waals surface area contributed by atoms with Gasteiger partial charge >= 0.3 is 5.97 Å². The molecule has 0 aliphatic carbocycles. The Morgan fingerprint density at radius 3 is 2.77 bits per heavy atom. The van der Waals surface area contributed by atoms with Crippen LogP contribution in [0.4, 0.5) is 0 Å². The lowest BCUT2D eigenvalue weighted by atomic mass is 10.3. The summed E-state index contributed by atoms with van der Waals surface area (Å²) in [6.07, 6.45) is 6.15. The molecule has 1 aliphatic rings. The van der Waals surface area contributed by atoms with E-state index >= 15 is 0 Å². The normalized spacial score (nSPS) is 25.4. The van der Waals surface area contributed by atoms with Gasteiger partial charge in [-0.1, -0.05) is 0 Å². The smallest absolute Gasteiger partial charge is 0.364 e. The first kappa shape index (κ1) is 8.07. The third-order valence-corrected chi connectivity index (χ3v) is 1.70. The fraction of sp³-hybridized carbons (Fsp3) is 0.222. The fourth-order valence-electron chi connectivity index (χ4n) is 0.997. The molecular formula is C9H9NO3. The second-order valence-electron chi connectivity index (χ2n) is 2.87. The third-order valence-electron chi connectivity index (χ3n) is 1.70. The molecule has 2 rings (SSSR count). The molecule has 1 atom stereocenters. The lowest BCUT2D eigenvalue weighted by molar-refractivity contribution is -0.280. The highest BCUT2D eigenvalue weighted by Crippen LogP contribution is 2.09. The van der Waals surface area contributed by atoms with Gasteiger partial charge in [0.25, 0.3) is 0 Å². The number of aliphatic hydroxyl groups is 1. The second-order valence-corrected chi connectivity index (χ2v) is 2.87. The first-order chi connectivity index (χ1) is 6.17. The van der Waals surface area contributed by atoms with Crippen LogP contribution in [0.2, 0.25) is 0 Å². The van der Waals surface area contributed by atoms with Crippen LogP contribution in [0.3, 0.4) is 0 Å². The Balaban J connectivity index is 2.59. The van der Waals surface area contributed by atoms with Gasteiger partial charge in [-0.05, 0) is 6.07 Å². The molecule has 0 bridgehead atoms. The topological polar surface area (TPSA) is 51.6 Å². The van der Waals surface area contributed by atoms with Crippen molar-refractivity contribution in [3.8, 4) is 0 Å². The predicted octanol–water partition coefficient (Wildman–Crippen LogP) is -0.730. The van der Waals surface area contributed by atoms with Gasteiger partial charge in [-0.2, -0.15) is 0 Å². The number of ether oxygens (including phenoxy) is 2. The van der Waals surface area contributed by atoms with Crippen LogP contribution in [0.15, 0.2) is 18.5 Å². The van der Waals surface area contributed by atoms with Gasteiger partial charge in [0, 0.05) is 29.8 Å². The highest BCUT2D eigenvalue weighted by Gasteiger charge is 2.21. The highest BCUT2D eigenvalue weighted by atomic mass is 16.8. The lowest BCUT2D eigenvalue weighted by Crippen LogP contribution is -2.26. The van der Waals surface area contributed by atoms with Crippen molar-refractivity contribution in [2.45, 2.75) is 12.9 Å². The molecule has 4 heteroatoms. The second kappa shape index (κ2) is 2.74. The summed E-state index contributed by atoms with van der Waals surface area (Å²) in [6.45, 7) is 1.42. The summed E-state index contributed by atoms with van der Waals surface area (Å²) in [4.78, 5) is 3.92. The molecule has 0 saturated carbocycles. The zero-order valence-corrected chi connectivity index (χ0v) is 7.10. The Morgan fingerprint density at radius 2 is 2.00 bits per heavy atom. The number of rotatable bonds is 0. The summed E-state index contributed by atoms with van der Waals surface area (Å²) in [6, 6.07) is 1.77.